The highest BCUT2D eigenvalue weighted by molar-refractivity contribution is 5.36. The minimum Gasteiger partial charge on any atom is -0.384 e. The molecule has 0 aliphatic heterocycles. The van der Waals surface area contributed by atoms with Crippen LogP contribution in [-0.4, -0.2) is 5.11 Å². The van der Waals surface area contributed by atoms with E-state index in [-0.39, 0.29) is 5.82 Å². The molecule has 0 saturated heterocycles. The minimum absolute atomic E-state index is 0.234. The van der Waals surface area contributed by atoms with Crippen molar-refractivity contribution >= 4 is 0 Å². The molecule has 3 rings (SSSR count). The Morgan fingerprint density at radius 1 is 1.11 bits per heavy atom. The van der Waals surface area contributed by atoms with Gasteiger partial charge < -0.3 is 5.11 Å². The second-order valence-electron chi connectivity index (χ2n) is 5.36. The highest BCUT2D eigenvalue weighted by atomic mass is 19.1. The van der Waals surface area contributed by atoms with E-state index in [0.29, 0.717) is 11.5 Å². The lowest BCUT2D eigenvalue weighted by Gasteiger charge is -2.13. The summed E-state index contributed by atoms with van der Waals surface area (Å²) in [5.41, 5.74) is 3.49. The van der Waals surface area contributed by atoms with E-state index in [2.05, 4.69) is 12.1 Å². The van der Waals surface area contributed by atoms with Crippen LogP contribution in [0.4, 0.5) is 4.39 Å². The molecule has 0 radical (unpaired) electrons. The van der Waals surface area contributed by atoms with E-state index in [1.807, 2.05) is 12.1 Å². The predicted molar refractivity (Wildman–Crippen MR) is 73.6 cm³/mol. The maximum Gasteiger partial charge on any atom is 0.126 e. The zero-order valence-corrected chi connectivity index (χ0v) is 10.9. The molecule has 1 unspecified atom stereocenters. The van der Waals surface area contributed by atoms with Crippen molar-refractivity contribution in [3.63, 3.8) is 0 Å². The fraction of sp³-hybridized carbons (Fsp3) is 0.294. The summed E-state index contributed by atoms with van der Waals surface area (Å²) in [4.78, 5) is 0. The number of aliphatic hydroxyl groups is 1. The fourth-order valence-corrected chi connectivity index (χ4v) is 2.43. The van der Waals surface area contributed by atoms with Crippen molar-refractivity contribution in [2.75, 3.05) is 0 Å². The summed E-state index contributed by atoms with van der Waals surface area (Å²) in [5, 5.41) is 10.4. The first-order valence-corrected chi connectivity index (χ1v) is 6.69. The van der Waals surface area contributed by atoms with Crippen LogP contribution >= 0.6 is 0 Å². The molecule has 98 valence electrons. The lowest BCUT2D eigenvalue weighted by atomic mass is 9.97. The summed E-state index contributed by atoms with van der Waals surface area (Å²) in [7, 11) is 0. The Morgan fingerprint density at radius 3 is 2.53 bits per heavy atom. The Hall–Kier alpha value is -1.67. The normalized spacial score (nSPS) is 16.4. The minimum atomic E-state index is -0.682. The first-order valence-electron chi connectivity index (χ1n) is 6.69. The summed E-state index contributed by atoms with van der Waals surface area (Å²) in [5.74, 6) is 0.435. The molecule has 1 nitrogen and oxygen atoms in total. The summed E-state index contributed by atoms with van der Waals surface area (Å²) >= 11 is 0. The van der Waals surface area contributed by atoms with Crippen molar-refractivity contribution in [2.24, 2.45) is 0 Å². The van der Waals surface area contributed by atoms with Crippen molar-refractivity contribution in [3.8, 4) is 0 Å². The number of aryl methyl sites for hydroxylation is 1. The van der Waals surface area contributed by atoms with Crippen LogP contribution in [-0.2, 0) is 0 Å². The first kappa shape index (κ1) is 12.4. The van der Waals surface area contributed by atoms with E-state index < -0.39 is 6.10 Å². The quantitative estimate of drug-likeness (QED) is 0.876. The van der Waals surface area contributed by atoms with Crippen molar-refractivity contribution in [3.05, 3.63) is 70.5 Å². The maximum atomic E-state index is 13.3. The number of aliphatic hydroxyl groups excluding tert-OH is 1. The molecule has 2 heteroatoms. The predicted octanol–water partition coefficient (Wildman–Crippen LogP) is 4.09. The number of rotatable bonds is 3. The van der Waals surface area contributed by atoms with E-state index in [1.54, 1.807) is 19.1 Å². The molecule has 1 aliphatic rings. The SMILES string of the molecule is Cc1cc(C(O)c2cccc(C3CC3)c2)ccc1F. The summed E-state index contributed by atoms with van der Waals surface area (Å²) < 4.78 is 13.3. The molecule has 1 saturated carbocycles. The molecule has 1 aliphatic carbocycles. The highest BCUT2D eigenvalue weighted by Gasteiger charge is 2.24. The van der Waals surface area contributed by atoms with E-state index in [9.17, 15) is 9.50 Å². The van der Waals surface area contributed by atoms with Gasteiger partial charge in [-0.05, 0) is 54.0 Å². The molecule has 0 aromatic heterocycles. The van der Waals surface area contributed by atoms with E-state index in [1.165, 1.54) is 24.5 Å². The summed E-state index contributed by atoms with van der Waals surface area (Å²) in [6.45, 7) is 1.71. The first-order chi connectivity index (χ1) is 9.15. The average Bonchev–Trinajstić information content (AvgIpc) is 3.26. The molecule has 1 N–H and O–H groups in total. The summed E-state index contributed by atoms with van der Waals surface area (Å²) in [6.07, 6.45) is 1.81. The molecule has 0 heterocycles. The van der Waals surface area contributed by atoms with Gasteiger partial charge >= 0.3 is 0 Å². The van der Waals surface area contributed by atoms with Gasteiger partial charge in [-0.1, -0.05) is 36.4 Å². The molecular weight excluding hydrogens is 239 g/mol. The van der Waals surface area contributed by atoms with Crippen LogP contribution in [0, 0.1) is 12.7 Å². The lowest BCUT2D eigenvalue weighted by Crippen LogP contribution is -2.01. The third-order valence-corrected chi connectivity index (χ3v) is 3.77. The van der Waals surface area contributed by atoms with Crippen molar-refractivity contribution in [2.45, 2.75) is 31.8 Å². The zero-order valence-electron chi connectivity index (χ0n) is 10.9. The van der Waals surface area contributed by atoms with Crippen molar-refractivity contribution in [1.29, 1.82) is 0 Å². The summed E-state index contributed by atoms with van der Waals surface area (Å²) in [6, 6.07) is 12.9. The fourth-order valence-electron chi connectivity index (χ4n) is 2.43. The van der Waals surface area contributed by atoms with Gasteiger partial charge in [0.15, 0.2) is 0 Å². The van der Waals surface area contributed by atoms with Gasteiger partial charge in [-0.2, -0.15) is 0 Å². The molecule has 2 aromatic rings. The molecule has 19 heavy (non-hydrogen) atoms. The number of hydrogen-bond donors (Lipinski definition) is 1. The van der Waals surface area contributed by atoms with Gasteiger partial charge in [0.05, 0.1) is 0 Å². The van der Waals surface area contributed by atoms with Crippen LogP contribution in [0.1, 0.15) is 47.1 Å². The Bertz CT molecular complexity index is 602. The van der Waals surface area contributed by atoms with Crippen molar-refractivity contribution < 1.29 is 9.50 Å². The molecule has 1 atom stereocenters. The van der Waals surface area contributed by atoms with Crippen LogP contribution in [0.2, 0.25) is 0 Å². The largest absolute Gasteiger partial charge is 0.384 e. The second-order valence-corrected chi connectivity index (χ2v) is 5.36. The average molecular weight is 256 g/mol. The maximum absolute atomic E-state index is 13.3. The van der Waals surface area contributed by atoms with E-state index in [4.69, 9.17) is 0 Å². The Labute approximate surface area is 112 Å². The van der Waals surface area contributed by atoms with Crippen LogP contribution in [0.5, 0.6) is 0 Å². The van der Waals surface area contributed by atoms with Crippen molar-refractivity contribution in [1.82, 2.24) is 0 Å². The molecule has 0 bridgehead atoms. The molecule has 2 aromatic carbocycles. The standard InChI is InChI=1S/C17H17FO/c1-11-9-15(7-8-16(11)18)17(19)14-4-2-3-13(10-14)12-5-6-12/h2-4,7-10,12,17,19H,5-6H2,1H3. The van der Waals surface area contributed by atoms with E-state index in [0.717, 1.165) is 11.1 Å². The van der Waals surface area contributed by atoms with Gasteiger partial charge in [0, 0.05) is 0 Å². The van der Waals surface area contributed by atoms with Gasteiger partial charge in [0.1, 0.15) is 11.9 Å². The Balaban J connectivity index is 1.91. The van der Waals surface area contributed by atoms with Gasteiger partial charge in [-0.25, -0.2) is 4.39 Å². The number of benzene rings is 2. The monoisotopic (exact) mass is 256 g/mol. The molecule has 1 fully saturated rings. The molecule has 0 spiro atoms. The second kappa shape index (κ2) is 4.78. The molecular formula is C17H17FO. The van der Waals surface area contributed by atoms with Crippen LogP contribution in [0.15, 0.2) is 42.5 Å². The smallest absolute Gasteiger partial charge is 0.126 e. The van der Waals surface area contributed by atoms with Gasteiger partial charge in [-0.15, -0.1) is 0 Å². The van der Waals surface area contributed by atoms with Gasteiger partial charge in [0.2, 0.25) is 0 Å². The van der Waals surface area contributed by atoms with E-state index >= 15 is 0 Å². The van der Waals surface area contributed by atoms with Crippen LogP contribution < -0.4 is 0 Å². The third-order valence-electron chi connectivity index (χ3n) is 3.77. The Morgan fingerprint density at radius 2 is 1.84 bits per heavy atom. The van der Waals surface area contributed by atoms with Gasteiger partial charge in [-0.3, -0.25) is 0 Å². The van der Waals surface area contributed by atoms with Crippen LogP contribution in [0.25, 0.3) is 0 Å². The van der Waals surface area contributed by atoms with Crippen LogP contribution in [0.3, 0.4) is 0 Å². The number of halogens is 1. The molecule has 0 amide bonds. The lowest BCUT2D eigenvalue weighted by molar-refractivity contribution is 0.220. The van der Waals surface area contributed by atoms with Gasteiger partial charge in [0.25, 0.3) is 0 Å². The Kier molecular flexibility index (Phi) is 3.11. The third kappa shape index (κ3) is 2.54. The number of hydrogen-bond acceptors (Lipinski definition) is 1. The highest BCUT2D eigenvalue weighted by Crippen LogP contribution is 2.40. The topological polar surface area (TPSA) is 20.2 Å². The zero-order chi connectivity index (χ0) is 13.4.